The van der Waals surface area contributed by atoms with Crippen molar-refractivity contribution in [2.24, 2.45) is 0 Å². The predicted octanol–water partition coefficient (Wildman–Crippen LogP) is 9.13. The highest BCUT2D eigenvalue weighted by molar-refractivity contribution is 6.12. The zero-order chi connectivity index (χ0) is 22.0. The van der Waals surface area contributed by atoms with E-state index in [-0.39, 0.29) is 0 Å². The van der Waals surface area contributed by atoms with Crippen LogP contribution in [0.1, 0.15) is 0 Å². The molecule has 0 aliphatic carbocycles. The van der Waals surface area contributed by atoms with Crippen LogP contribution in [0.15, 0.2) is 140 Å². The van der Waals surface area contributed by atoms with Crippen LogP contribution in [0, 0.1) is 0 Å². The van der Waals surface area contributed by atoms with Crippen molar-refractivity contribution in [1.29, 1.82) is 0 Å². The number of benzene rings is 6. The van der Waals surface area contributed by atoms with Crippen molar-refractivity contribution in [3.8, 4) is 11.1 Å². The highest BCUT2D eigenvalue weighted by Crippen LogP contribution is 2.39. The van der Waals surface area contributed by atoms with E-state index in [1.165, 1.54) is 32.7 Å². The number of nitrogens with zero attached hydrogens (tertiary/aromatic N) is 1. The van der Waals surface area contributed by atoms with Crippen molar-refractivity contribution in [2.75, 3.05) is 4.90 Å². The lowest BCUT2D eigenvalue weighted by atomic mass is 9.92. The van der Waals surface area contributed by atoms with Crippen molar-refractivity contribution in [3.63, 3.8) is 0 Å². The summed E-state index contributed by atoms with van der Waals surface area (Å²) < 4.78 is 0. The maximum absolute atomic E-state index is 2.30. The summed E-state index contributed by atoms with van der Waals surface area (Å²) in [5, 5.41) is 5.11. The number of hydrogen-bond donors (Lipinski definition) is 0. The summed E-state index contributed by atoms with van der Waals surface area (Å²) in [5.41, 5.74) is 5.95. The third kappa shape index (κ3) is 3.54. The fraction of sp³-hybridized carbons (Fsp3) is 0. The Morgan fingerprint density at radius 1 is 0.364 bits per heavy atom. The van der Waals surface area contributed by atoms with Crippen molar-refractivity contribution in [1.82, 2.24) is 0 Å². The number of fused-ring (bicyclic) bond motifs is 2. The predicted molar refractivity (Wildman–Crippen MR) is 142 cm³/mol. The summed E-state index contributed by atoms with van der Waals surface area (Å²) in [7, 11) is 0. The Labute approximate surface area is 194 Å². The van der Waals surface area contributed by atoms with Gasteiger partial charge in [-0.2, -0.15) is 0 Å². The molecule has 0 N–H and O–H groups in total. The highest BCUT2D eigenvalue weighted by atomic mass is 15.1. The maximum atomic E-state index is 2.30. The van der Waals surface area contributed by atoms with Crippen molar-refractivity contribution in [3.05, 3.63) is 140 Å². The molecule has 0 unspecified atom stereocenters. The number of hydrogen-bond acceptors (Lipinski definition) is 1. The molecule has 0 spiro atoms. The van der Waals surface area contributed by atoms with Gasteiger partial charge in [0.05, 0.1) is 0 Å². The van der Waals surface area contributed by atoms with E-state index in [1.807, 2.05) is 0 Å². The third-order valence-corrected chi connectivity index (χ3v) is 6.21. The Bertz CT molecular complexity index is 1440. The molecule has 156 valence electrons. The summed E-state index contributed by atoms with van der Waals surface area (Å²) in [5.74, 6) is 0. The van der Waals surface area contributed by atoms with Gasteiger partial charge in [-0.05, 0) is 75.1 Å². The first-order valence-corrected chi connectivity index (χ1v) is 11.3. The van der Waals surface area contributed by atoms with E-state index < -0.39 is 0 Å². The topological polar surface area (TPSA) is 3.24 Å². The van der Waals surface area contributed by atoms with Crippen molar-refractivity contribution < 1.29 is 0 Å². The Morgan fingerprint density at radius 3 is 1.30 bits per heavy atom. The molecule has 33 heavy (non-hydrogen) atoms. The second-order valence-corrected chi connectivity index (χ2v) is 8.25. The summed E-state index contributed by atoms with van der Waals surface area (Å²) in [6.45, 7) is 0. The molecule has 0 aliphatic heterocycles. The van der Waals surface area contributed by atoms with Gasteiger partial charge in [-0.1, -0.05) is 97.1 Å². The second-order valence-electron chi connectivity index (χ2n) is 8.25. The SMILES string of the molecule is c1ccc(N(c2ccccc2)c2ccc(-c3c4ccccc4cc4ccccc34)cc2)cc1. The minimum atomic E-state index is 1.14. The van der Waals surface area contributed by atoms with E-state index in [1.54, 1.807) is 0 Å². The molecule has 0 amide bonds. The average molecular weight is 422 g/mol. The summed E-state index contributed by atoms with van der Waals surface area (Å²) in [4.78, 5) is 2.30. The zero-order valence-corrected chi connectivity index (χ0v) is 18.2. The van der Waals surface area contributed by atoms with Crippen molar-refractivity contribution in [2.45, 2.75) is 0 Å². The molecule has 0 saturated carbocycles. The van der Waals surface area contributed by atoms with Crippen molar-refractivity contribution >= 4 is 38.6 Å². The molecular formula is C32H23N. The van der Waals surface area contributed by atoms with E-state index in [0.717, 1.165) is 17.1 Å². The first-order chi connectivity index (χ1) is 16.4. The van der Waals surface area contributed by atoms with Gasteiger partial charge in [-0.25, -0.2) is 0 Å². The summed E-state index contributed by atoms with van der Waals surface area (Å²) in [6.07, 6.45) is 0. The number of anilines is 3. The van der Waals surface area contributed by atoms with Crippen LogP contribution < -0.4 is 4.90 Å². The molecule has 0 bridgehead atoms. The van der Waals surface area contributed by atoms with E-state index in [9.17, 15) is 0 Å². The van der Waals surface area contributed by atoms with Gasteiger partial charge >= 0.3 is 0 Å². The fourth-order valence-corrected chi connectivity index (χ4v) is 4.70. The lowest BCUT2D eigenvalue weighted by molar-refractivity contribution is 1.28. The zero-order valence-electron chi connectivity index (χ0n) is 18.2. The van der Waals surface area contributed by atoms with Gasteiger partial charge in [0.2, 0.25) is 0 Å². The molecule has 6 aromatic rings. The van der Waals surface area contributed by atoms with Gasteiger partial charge in [-0.3, -0.25) is 0 Å². The smallest absolute Gasteiger partial charge is 0.0462 e. The average Bonchev–Trinajstić information content (AvgIpc) is 2.89. The fourth-order valence-electron chi connectivity index (χ4n) is 4.70. The van der Waals surface area contributed by atoms with E-state index in [2.05, 4.69) is 144 Å². The minimum Gasteiger partial charge on any atom is -0.311 e. The molecule has 0 aromatic heterocycles. The van der Waals surface area contributed by atoms with Crippen LogP contribution >= 0.6 is 0 Å². The molecular weight excluding hydrogens is 398 g/mol. The van der Waals surface area contributed by atoms with E-state index >= 15 is 0 Å². The quantitative estimate of drug-likeness (QED) is 0.256. The van der Waals surface area contributed by atoms with Gasteiger partial charge in [0.15, 0.2) is 0 Å². The number of rotatable bonds is 4. The molecule has 0 aliphatic rings. The van der Waals surface area contributed by atoms with Crippen LogP contribution in [0.2, 0.25) is 0 Å². The highest BCUT2D eigenvalue weighted by Gasteiger charge is 2.14. The maximum Gasteiger partial charge on any atom is 0.0462 e. The first-order valence-electron chi connectivity index (χ1n) is 11.3. The van der Waals surface area contributed by atoms with Gasteiger partial charge < -0.3 is 4.90 Å². The molecule has 6 aromatic carbocycles. The monoisotopic (exact) mass is 421 g/mol. The largest absolute Gasteiger partial charge is 0.311 e. The first kappa shape index (κ1) is 19.3. The molecule has 6 rings (SSSR count). The van der Waals surface area contributed by atoms with Crippen LogP contribution in [0.4, 0.5) is 17.1 Å². The molecule has 1 heteroatoms. The Balaban J connectivity index is 1.52. The van der Waals surface area contributed by atoms with Crippen LogP contribution in [-0.4, -0.2) is 0 Å². The lowest BCUT2D eigenvalue weighted by Gasteiger charge is -2.25. The van der Waals surface area contributed by atoms with Gasteiger partial charge in [-0.15, -0.1) is 0 Å². The van der Waals surface area contributed by atoms with Crippen LogP contribution in [0.25, 0.3) is 32.7 Å². The van der Waals surface area contributed by atoms with E-state index in [0.29, 0.717) is 0 Å². The molecule has 0 heterocycles. The molecule has 1 nitrogen and oxygen atoms in total. The third-order valence-electron chi connectivity index (χ3n) is 6.21. The normalized spacial score (nSPS) is 11.0. The Hall–Kier alpha value is -4.36. The molecule has 0 radical (unpaired) electrons. The Morgan fingerprint density at radius 2 is 0.788 bits per heavy atom. The van der Waals surface area contributed by atoms with Crippen LogP contribution in [0.3, 0.4) is 0 Å². The second kappa shape index (κ2) is 8.29. The van der Waals surface area contributed by atoms with Crippen LogP contribution in [0.5, 0.6) is 0 Å². The summed E-state index contributed by atoms with van der Waals surface area (Å²) >= 11 is 0. The Kier molecular flexibility index (Phi) is 4.86. The standard InChI is InChI=1S/C32H23N/c1-3-13-27(14-4-1)33(28-15-5-2-6-16-28)29-21-19-24(20-22-29)32-30-17-9-7-11-25(30)23-26-12-8-10-18-31(26)32/h1-23H. The molecule has 0 fully saturated rings. The minimum absolute atomic E-state index is 1.14. The lowest BCUT2D eigenvalue weighted by Crippen LogP contribution is -2.09. The van der Waals surface area contributed by atoms with Gasteiger partial charge in [0.1, 0.15) is 0 Å². The van der Waals surface area contributed by atoms with Gasteiger partial charge in [0.25, 0.3) is 0 Å². The van der Waals surface area contributed by atoms with E-state index in [4.69, 9.17) is 0 Å². The number of para-hydroxylation sites is 2. The van der Waals surface area contributed by atoms with Crippen LogP contribution in [-0.2, 0) is 0 Å². The molecule has 0 saturated heterocycles. The molecule has 0 atom stereocenters. The van der Waals surface area contributed by atoms with Gasteiger partial charge in [0, 0.05) is 17.1 Å². The summed E-state index contributed by atoms with van der Waals surface area (Å²) in [6, 6.07) is 49.6.